The first-order chi connectivity index (χ1) is 22.9. The maximum atomic E-state index is 7.08. The minimum Gasteiger partial charge on any atom is -0.458 e. The number of hydrogen-bond acceptors (Lipinski definition) is 4. The number of nitrogens with zero attached hydrogens (tertiary/aromatic N) is 3. The van der Waals surface area contributed by atoms with Gasteiger partial charge in [-0.05, 0) is 104 Å². The molecule has 0 saturated carbocycles. The quantitative estimate of drug-likeness (QED) is 0.176. The predicted molar refractivity (Wildman–Crippen MR) is 206 cm³/mol. The maximum Gasteiger partial charge on any atom is 0.258 e. The molecule has 8 rings (SSSR count). The highest BCUT2D eigenvalue weighted by atomic mass is 16.5. The molecule has 4 nitrogen and oxygen atoms in total. The lowest BCUT2D eigenvalue weighted by Crippen LogP contribution is -2.60. The van der Waals surface area contributed by atoms with Gasteiger partial charge in [0, 0.05) is 29.1 Å². The molecule has 4 heterocycles. The third-order valence-electron chi connectivity index (χ3n) is 11.2. The Bertz CT molecular complexity index is 2170. The largest absolute Gasteiger partial charge is 0.458 e. The molecule has 5 heteroatoms. The normalized spacial score (nSPS) is 16.8. The summed E-state index contributed by atoms with van der Waals surface area (Å²) in [4.78, 5) is 12.7. The van der Waals surface area contributed by atoms with Gasteiger partial charge in [0.05, 0.1) is 11.4 Å². The second kappa shape index (κ2) is 10.3. The molecule has 0 bridgehead atoms. The van der Waals surface area contributed by atoms with Crippen LogP contribution in [0.3, 0.4) is 0 Å². The van der Waals surface area contributed by atoms with Gasteiger partial charge in [-0.3, -0.25) is 9.88 Å². The molecule has 3 aromatic carbocycles. The van der Waals surface area contributed by atoms with Crippen molar-refractivity contribution in [1.82, 2.24) is 9.97 Å². The molecule has 0 amide bonds. The van der Waals surface area contributed by atoms with E-state index in [-0.39, 0.29) is 28.4 Å². The van der Waals surface area contributed by atoms with Crippen LogP contribution in [-0.4, -0.2) is 16.7 Å². The zero-order valence-electron chi connectivity index (χ0n) is 31.0. The van der Waals surface area contributed by atoms with Crippen LogP contribution in [0.1, 0.15) is 103 Å². The van der Waals surface area contributed by atoms with E-state index >= 15 is 0 Å². The molecule has 1 aliphatic carbocycles. The summed E-state index contributed by atoms with van der Waals surface area (Å²) in [6.07, 6.45) is 2.96. The van der Waals surface area contributed by atoms with Gasteiger partial charge in [-0.25, -0.2) is 4.98 Å². The second-order valence-electron chi connectivity index (χ2n) is 18.0. The lowest BCUT2D eigenvalue weighted by Gasteiger charge is -2.40. The van der Waals surface area contributed by atoms with E-state index in [1.807, 2.05) is 12.3 Å². The number of benzene rings is 3. The van der Waals surface area contributed by atoms with Crippen LogP contribution in [0.15, 0.2) is 79.0 Å². The van der Waals surface area contributed by atoms with E-state index in [0.29, 0.717) is 0 Å². The van der Waals surface area contributed by atoms with Crippen LogP contribution in [0.5, 0.6) is 11.5 Å². The first-order valence-electron chi connectivity index (χ1n) is 17.8. The average molecular weight is 646 g/mol. The summed E-state index contributed by atoms with van der Waals surface area (Å²) in [6, 6.07) is 27.2. The molecule has 49 heavy (non-hydrogen) atoms. The van der Waals surface area contributed by atoms with Gasteiger partial charge in [-0.1, -0.05) is 106 Å². The molecule has 5 aromatic rings. The van der Waals surface area contributed by atoms with Crippen LogP contribution >= 0.6 is 0 Å². The van der Waals surface area contributed by atoms with Gasteiger partial charge in [0.1, 0.15) is 17.3 Å². The first kappa shape index (κ1) is 31.9. The van der Waals surface area contributed by atoms with E-state index in [2.05, 4.69) is 148 Å². The molecular formula is C44H48BN3O. The van der Waals surface area contributed by atoms with Crippen LogP contribution in [0, 0.1) is 6.92 Å². The van der Waals surface area contributed by atoms with Crippen molar-refractivity contribution >= 4 is 40.3 Å². The number of aromatic nitrogens is 2. The fourth-order valence-electron chi connectivity index (χ4n) is 8.78. The first-order valence-corrected chi connectivity index (χ1v) is 17.8. The Kier molecular flexibility index (Phi) is 6.71. The molecule has 3 aliphatic rings. The number of aryl methyl sites for hydroxylation is 1. The summed E-state index contributed by atoms with van der Waals surface area (Å²) < 4.78 is 7.08. The highest BCUT2D eigenvalue weighted by Gasteiger charge is 2.48. The number of anilines is 3. The molecule has 0 radical (unpaired) electrons. The summed E-state index contributed by atoms with van der Waals surface area (Å²) in [6.45, 7) is 25.3. The van der Waals surface area contributed by atoms with Crippen LogP contribution in [0.4, 0.5) is 17.2 Å². The molecule has 0 fully saturated rings. The van der Waals surface area contributed by atoms with E-state index in [4.69, 9.17) is 14.7 Å². The minimum atomic E-state index is -0.0210. The maximum absolute atomic E-state index is 7.08. The standard InChI is InChI=1S/C44H48BN3O/c1-26-13-12-20-46-39(26)34-24-37-38-40(47-34)48(29-17-14-27(15-18-29)41(2,3)4)35-19-16-28(42(5,6)7)21-32(35)45(38)33-22-30-31(23-36(33)49-37)44(10,11)25-43(30,8)9/h12-24H,25H2,1-11H3. The van der Waals surface area contributed by atoms with Crippen LogP contribution in [-0.2, 0) is 21.7 Å². The van der Waals surface area contributed by atoms with E-state index in [1.165, 1.54) is 33.2 Å². The van der Waals surface area contributed by atoms with Crippen LogP contribution in [0.2, 0.25) is 0 Å². The van der Waals surface area contributed by atoms with Gasteiger partial charge < -0.3 is 4.74 Å². The lowest BCUT2D eigenvalue weighted by atomic mass is 9.34. The minimum absolute atomic E-state index is 0.00607. The van der Waals surface area contributed by atoms with Crippen molar-refractivity contribution in [2.24, 2.45) is 0 Å². The summed E-state index contributed by atoms with van der Waals surface area (Å²) in [5.41, 5.74) is 14.3. The van der Waals surface area contributed by atoms with Crippen molar-refractivity contribution < 1.29 is 4.74 Å². The third kappa shape index (κ3) is 4.95. The number of hydrogen-bond donors (Lipinski definition) is 0. The van der Waals surface area contributed by atoms with Crippen molar-refractivity contribution in [2.45, 2.75) is 104 Å². The zero-order valence-corrected chi connectivity index (χ0v) is 31.0. The molecule has 0 saturated heterocycles. The summed E-state index contributed by atoms with van der Waals surface area (Å²) in [5.74, 6) is 2.73. The molecule has 2 aromatic heterocycles. The molecule has 0 unspecified atom stereocenters. The highest BCUT2D eigenvalue weighted by molar-refractivity contribution is 6.99. The Morgan fingerprint density at radius 2 is 1.39 bits per heavy atom. The lowest BCUT2D eigenvalue weighted by molar-refractivity contribution is 0.402. The van der Waals surface area contributed by atoms with Crippen molar-refractivity contribution in [3.8, 4) is 22.9 Å². The SMILES string of the molecule is Cc1cccnc1-c1cc2c3c(n1)N(c1ccc(C(C)(C)C)cc1)c1ccc(C(C)(C)C)cc1B3c1cc3c(cc1O2)C(C)(C)CC3(C)C. The number of ether oxygens (including phenoxy) is 1. The Hall–Kier alpha value is -4.38. The Labute approximate surface area is 293 Å². The molecule has 2 aliphatic heterocycles. The van der Waals surface area contributed by atoms with Crippen LogP contribution < -0.4 is 26.0 Å². The number of pyridine rings is 2. The fraction of sp³-hybridized carbons (Fsp3) is 0.364. The van der Waals surface area contributed by atoms with Crippen molar-refractivity contribution in [2.75, 3.05) is 4.90 Å². The zero-order chi connectivity index (χ0) is 34.8. The Morgan fingerprint density at radius 3 is 2.04 bits per heavy atom. The fourth-order valence-corrected chi connectivity index (χ4v) is 8.78. The average Bonchev–Trinajstić information content (AvgIpc) is 3.21. The smallest absolute Gasteiger partial charge is 0.258 e. The summed E-state index contributed by atoms with van der Waals surface area (Å²) in [7, 11) is 0. The molecular weight excluding hydrogens is 597 g/mol. The summed E-state index contributed by atoms with van der Waals surface area (Å²) >= 11 is 0. The Balaban J connectivity index is 1.45. The van der Waals surface area contributed by atoms with E-state index in [0.717, 1.165) is 57.5 Å². The van der Waals surface area contributed by atoms with E-state index in [9.17, 15) is 0 Å². The van der Waals surface area contributed by atoms with Crippen molar-refractivity contribution in [1.29, 1.82) is 0 Å². The second-order valence-corrected chi connectivity index (χ2v) is 18.0. The van der Waals surface area contributed by atoms with E-state index < -0.39 is 0 Å². The molecule has 0 N–H and O–H groups in total. The number of fused-ring (bicyclic) bond motifs is 5. The van der Waals surface area contributed by atoms with Gasteiger partial charge >= 0.3 is 0 Å². The van der Waals surface area contributed by atoms with Gasteiger partial charge in [0.15, 0.2) is 0 Å². The van der Waals surface area contributed by atoms with Gasteiger partial charge in [0.2, 0.25) is 0 Å². The summed E-state index contributed by atoms with van der Waals surface area (Å²) in [5, 5.41) is 0. The monoisotopic (exact) mass is 645 g/mol. The molecule has 0 spiro atoms. The number of rotatable bonds is 2. The van der Waals surface area contributed by atoms with E-state index in [1.54, 1.807) is 0 Å². The van der Waals surface area contributed by atoms with Gasteiger partial charge in [0.25, 0.3) is 6.71 Å². The van der Waals surface area contributed by atoms with Crippen molar-refractivity contribution in [3.63, 3.8) is 0 Å². The molecule has 248 valence electrons. The molecule has 0 atom stereocenters. The topological polar surface area (TPSA) is 38.2 Å². The Morgan fingerprint density at radius 1 is 0.735 bits per heavy atom. The van der Waals surface area contributed by atoms with Crippen LogP contribution in [0.25, 0.3) is 11.4 Å². The van der Waals surface area contributed by atoms with Gasteiger partial charge in [-0.2, -0.15) is 0 Å². The van der Waals surface area contributed by atoms with Gasteiger partial charge in [-0.15, -0.1) is 0 Å². The third-order valence-corrected chi connectivity index (χ3v) is 11.2. The highest BCUT2D eigenvalue weighted by Crippen LogP contribution is 2.51. The predicted octanol–water partition coefficient (Wildman–Crippen LogP) is 9.41. The van der Waals surface area contributed by atoms with Crippen molar-refractivity contribution in [3.05, 3.63) is 107 Å².